The molecular formula is C24H38O4. The quantitative estimate of drug-likeness (QED) is 0.553. The van der Waals surface area contributed by atoms with E-state index in [9.17, 15) is 9.90 Å². The molecule has 2 fully saturated rings. The van der Waals surface area contributed by atoms with Gasteiger partial charge in [0.15, 0.2) is 0 Å². The Morgan fingerprint density at radius 2 is 2.18 bits per heavy atom. The zero-order valence-electron chi connectivity index (χ0n) is 18.2. The van der Waals surface area contributed by atoms with Crippen LogP contribution in [0.3, 0.4) is 0 Å². The third-order valence-corrected chi connectivity index (χ3v) is 7.25. The summed E-state index contributed by atoms with van der Waals surface area (Å²) in [4.78, 5) is 12.5. The van der Waals surface area contributed by atoms with Crippen LogP contribution in [0.2, 0.25) is 0 Å². The highest BCUT2D eigenvalue weighted by molar-refractivity contribution is 5.69. The number of esters is 1. The Morgan fingerprint density at radius 1 is 1.46 bits per heavy atom. The molecule has 0 unspecified atom stereocenters. The number of carbonyl (C=O) groups excluding carboxylic acids is 1. The third kappa shape index (κ3) is 3.95. The normalized spacial score (nSPS) is 42.8. The fraction of sp³-hybridized carbons (Fsp3) is 0.792. The van der Waals surface area contributed by atoms with Crippen LogP contribution in [0.4, 0.5) is 0 Å². The molecule has 2 aliphatic heterocycles. The molecule has 0 spiro atoms. The van der Waals surface area contributed by atoms with Crippen LogP contribution in [0.15, 0.2) is 23.8 Å². The first-order chi connectivity index (χ1) is 13.2. The number of aliphatic hydroxyl groups excluding tert-OH is 1. The molecule has 7 atom stereocenters. The highest BCUT2D eigenvalue weighted by atomic mass is 16.6. The maximum Gasteiger partial charge on any atom is 0.306 e. The van der Waals surface area contributed by atoms with Crippen molar-refractivity contribution in [2.24, 2.45) is 23.7 Å². The number of fused-ring (bicyclic) bond motifs is 5. The van der Waals surface area contributed by atoms with Gasteiger partial charge in [-0.25, -0.2) is 0 Å². The average molecular weight is 391 g/mol. The first-order valence-corrected chi connectivity index (χ1v) is 11.1. The van der Waals surface area contributed by atoms with E-state index in [1.807, 2.05) is 6.92 Å². The lowest BCUT2D eigenvalue weighted by Crippen LogP contribution is -2.52. The Bertz CT molecular complexity index is 637. The van der Waals surface area contributed by atoms with Crippen LogP contribution in [-0.2, 0) is 14.3 Å². The van der Waals surface area contributed by atoms with E-state index in [4.69, 9.17) is 9.47 Å². The van der Waals surface area contributed by atoms with Crippen molar-refractivity contribution < 1.29 is 19.4 Å². The van der Waals surface area contributed by atoms with Crippen LogP contribution in [0.1, 0.15) is 73.1 Å². The first-order valence-electron chi connectivity index (χ1n) is 11.1. The number of aliphatic hydroxyl groups is 1. The summed E-state index contributed by atoms with van der Waals surface area (Å²) >= 11 is 0. The van der Waals surface area contributed by atoms with Crippen LogP contribution >= 0.6 is 0 Å². The molecule has 3 aliphatic rings. The maximum atomic E-state index is 12.5. The number of carbonyl (C=O) groups is 1. The fourth-order valence-corrected chi connectivity index (χ4v) is 5.78. The summed E-state index contributed by atoms with van der Waals surface area (Å²) in [5.41, 5.74) is 1.56. The van der Waals surface area contributed by atoms with E-state index in [-0.39, 0.29) is 30.0 Å². The zero-order valence-corrected chi connectivity index (χ0v) is 18.2. The van der Waals surface area contributed by atoms with Crippen molar-refractivity contribution in [2.45, 2.75) is 97.1 Å². The van der Waals surface area contributed by atoms with Gasteiger partial charge >= 0.3 is 5.97 Å². The van der Waals surface area contributed by atoms with Crippen molar-refractivity contribution in [3.63, 3.8) is 0 Å². The van der Waals surface area contributed by atoms with Gasteiger partial charge in [-0.1, -0.05) is 39.0 Å². The molecule has 158 valence electrons. The van der Waals surface area contributed by atoms with Crippen LogP contribution in [0, 0.1) is 23.7 Å². The van der Waals surface area contributed by atoms with Crippen LogP contribution in [0.5, 0.6) is 0 Å². The first kappa shape index (κ1) is 21.6. The standard InChI is InChI=1S/C24H38O4/c1-7-9-20(26)28-24(6)11-8-10-15(4)12-19-21-16(5)18(25)13-17(14(2)3)22(21)23(24)27-19/h10,14,17-19,21-23,25H,5,7-9,11-13H2,1-4,6H3/b15-10+/t17-,18+,19+,21-,22-,23+,24-/m1/s1. The largest absolute Gasteiger partial charge is 0.457 e. The number of hydrogen-bond donors (Lipinski definition) is 1. The molecule has 1 aliphatic carbocycles. The summed E-state index contributed by atoms with van der Waals surface area (Å²) in [6, 6.07) is 0. The summed E-state index contributed by atoms with van der Waals surface area (Å²) in [5.74, 6) is 0.964. The van der Waals surface area contributed by atoms with Crippen LogP contribution in [0.25, 0.3) is 0 Å². The van der Waals surface area contributed by atoms with E-state index >= 15 is 0 Å². The smallest absolute Gasteiger partial charge is 0.306 e. The van der Waals surface area contributed by atoms with Gasteiger partial charge in [0.25, 0.3) is 0 Å². The molecule has 1 saturated carbocycles. The average Bonchev–Trinajstić information content (AvgIpc) is 2.99. The molecule has 3 rings (SSSR count). The predicted molar refractivity (Wildman–Crippen MR) is 111 cm³/mol. The van der Waals surface area contributed by atoms with Gasteiger partial charge in [-0.2, -0.15) is 0 Å². The third-order valence-electron chi connectivity index (χ3n) is 7.25. The molecule has 0 amide bonds. The van der Waals surface area contributed by atoms with E-state index in [2.05, 4.69) is 40.3 Å². The van der Waals surface area contributed by atoms with Gasteiger partial charge in [0.05, 0.1) is 12.2 Å². The van der Waals surface area contributed by atoms with E-state index in [0.29, 0.717) is 18.3 Å². The number of ether oxygens (including phenoxy) is 2. The number of hydrogen-bond acceptors (Lipinski definition) is 4. The minimum absolute atomic E-state index is 0.00254. The monoisotopic (exact) mass is 390 g/mol. The maximum absolute atomic E-state index is 12.5. The molecule has 1 N–H and O–H groups in total. The summed E-state index contributed by atoms with van der Waals surface area (Å²) in [6.45, 7) is 14.9. The molecule has 0 radical (unpaired) electrons. The highest BCUT2D eigenvalue weighted by Gasteiger charge is 2.59. The fourth-order valence-electron chi connectivity index (χ4n) is 5.78. The molecule has 0 aromatic rings. The molecule has 0 aromatic carbocycles. The van der Waals surface area contributed by atoms with Crippen molar-refractivity contribution in [1.82, 2.24) is 0 Å². The van der Waals surface area contributed by atoms with Crippen molar-refractivity contribution >= 4 is 5.97 Å². The zero-order chi connectivity index (χ0) is 20.6. The van der Waals surface area contributed by atoms with Gasteiger partial charge in [0.1, 0.15) is 11.7 Å². The summed E-state index contributed by atoms with van der Waals surface area (Å²) in [6.07, 6.45) is 6.08. The Balaban J connectivity index is 2.03. The van der Waals surface area contributed by atoms with Gasteiger partial charge in [-0.15, -0.1) is 0 Å². The molecule has 2 heterocycles. The number of rotatable bonds is 4. The van der Waals surface area contributed by atoms with E-state index in [1.54, 1.807) is 0 Å². The van der Waals surface area contributed by atoms with Crippen molar-refractivity contribution in [3.8, 4) is 0 Å². The molecule has 1 saturated heterocycles. The molecule has 28 heavy (non-hydrogen) atoms. The van der Waals surface area contributed by atoms with E-state index in [0.717, 1.165) is 37.7 Å². The highest BCUT2D eigenvalue weighted by Crippen LogP contribution is 2.55. The lowest BCUT2D eigenvalue weighted by Gasteiger charge is -2.46. The molecular weight excluding hydrogens is 352 g/mol. The molecule has 2 bridgehead atoms. The van der Waals surface area contributed by atoms with Crippen LogP contribution in [-0.4, -0.2) is 35.0 Å². The van der Waals surface area contributed by atoms with Crippen molar-refractivity contribution in [2.75, 3.05) is 0 Å². The van der Waals surface area contributed by atoms with E-state index in [1.165, 1.54) is 5.57 Å². The minimum Gasteiger partial charge on any atom is -0.457 e. The second-order valence-corrected chi connectivity index (χ2v) is 9.76. The lowest BCUT2D eigenvalue weighted by atomic mass is 9.60. The predicted octanol–water partition coefficient (Wildman–Crippen LogP) is 4.81. The molecule has 4 nitrogen and oxygen atoms in total. The van der Waals surface area contributed by atoms with Gasteiger partial charge in [-0.05, 0) is 63.4 Å². The molecule has 0 aromatic heterocycles. The second kappa shape index (κ2) is 8.31. The Morgan fingerprint density at radius 3 is 2.82 bits per heavy atom. The van der Waals surface area contributed by atoms with E-state index < -0.39 is 11.7 Å². The van der Waals surface area contributed by atoms with Gasteiger partial charge < -0.3 is 14.6 Å². The topological polar surface area (TPSA) is 55.8 Å². The second-order valence-electron chi connectivity index (χ2n) is 9.76. The Hall–Kier alpha value is -1.13. The van der Waals surface area contributed by atoms with Gasteiger partial charge in [-0.3, -0.25) is 4.79 Å². The Kier molecular flexibility index (Phi) is 6.41. The summed E-state index contributed by atoms with van der Waals surface area (Å²) in [7, 11) is 0. The SMILES string of the molecule is C=C1[C@H]2[C@@H]([C@@H](C(C)C)C[C@@H]1O)[C@@H]1O[C@H]2C/C(C)=C/CC[C@@]1(C)OC(=O)CCC. The minimum atomic E-state index is -0.652. The Labute approximate surface area is 170 Å². The van der Waals surface area contributed by atoms with Gasteiger partial charge in [0, 0.05) is 18.3 Å². The van der Waals surface area contributed by atoms with Crippen LogP contribution < -0.4 is 0 Å². The van der Waals surface area contributed by atoms with Crippen molar-refractivity contribution in [1.29, 1.82) is 0 Å². The molecule has 4 heteroatoms. The van der Waals surface area contributed by atoms with Crippen molar-refractivity contribution in [3.05, 3.63) is 23.8 Å². The lowest BCUT2D eigenvalue weighted by molar-refractivity contribution is -0.181. The van der Waals surface area contributed by atoms with Gasteiger partial charge in [0.2, 0.25) is 0 Å². The summed E-state index contributed by atoms with van der Waals surface area (Å²) in [5, 5.41) is 10.7. The summed E-state index contributed by atoms with van der Waals surface area (Å²) < 4.78 is 12.8. The number of allylic oxidation sites excluding steroid dienone is 1.